The van der Waals surface area contributed by atoms with Gasteiger partial charge in [-0.3, -0.25) is 0 Å². The number of hydrogen-bond acceptors (Lipinski definition) is 1. The van der Waals surface area contributed by atoms with Gasteiger partial charge in [-0.05, 0) is 25.0 Å². The Kier molecular flexibility index (Phi) is 4.28. The summed E-state index contributed by atoms with van der Waals surface area (Å²) in [5, 5.41) is 2.99. The maximum atomic E-state index is 12.2. The number of fused-ring (bicyclic) bond motifs is 1. The van der Waals surface area contributed by atoms with Crippen molar-refractivity contribution in [3.05, 3.63) is 24.0 Å². The van der Waals surface area contributed by atoms with E-state index in [4.69, 9.17) is 0 Å². The quantitative estimate of drug-likeness (QED) is 0.875. The molecule has 1 aromatic heterocycles. The van der Waals surface area contributed by atoms with Crippen molar-refractivity contribution in [3.63, 3.8) is 0 Å². The summed E-state index contributed by atoms with van der Waals surface area (Å²) in [5.41, 5.74) is 1.27. The van der Waals surface area contributed by atoms with Gasteiger partial charge in [-0.25, -0.2) is 4.79 Å². The van der Waals surface area contributed by atoms with E-state index in [1.54, 1.807) is 0 Å². The smallest absolute Gasteiger partial charge is 0.318 e. The zero-order valence-electron chi connectivity index (χ0n) is 11.4. The van der Waals surface area contributed by atoms with E-state index in [1.165, 1.54) is 5.69 Å². The third-order valence-electron chi connectivity index (χ3n) is 3.51. The fourth-order valence-electron chi connectivity index (χ4n) is 2.62. The normalized spacial score (nSPS) is 18.6. The van der Waals surface area contributed by atoms with Gasteiger partial charge in [0.25, 0.3) is 0 Å². The summed E-state index contributed by atoms with van der Waals surface area (Å²) in [6.45, 7) is 6.72. The van der Waals surface area contributed by atoms with E-state index in [2.05, 4.69) is 42.1 Å². The Balaban J connectivity index is 2.13. The molecule has 1 aliphatic rings. The van der Waals surface area contributed by atoms with Gasteiger partial charge in [0.15, 0.2) is 0 Å². The molecule has 2 rings (SSSR count). The molecule has 1 aromatic rings. The molecule has 100 valence electrons. The molecular formula is C14H23N3O. The van der Waals surface area contributed by atoms with Gasteiger partial charge >= 0.3 is 6.03 Å². The van der Waals surface area contributed by atoms with Crippen molar-refractivity contribution in [1.29, 1.82) is 0 Å². The van der Waals surface area contributed by atoms with Crippen molar-refractivity contribution in [2.45, 2.75) is 45.7 Å². The summed E-state index contributed by atoms with van der Waals surface area (Å²) >= 11 is 0. The lowest BCUT2D eigenvalue weighted by molar-refractivity contribution is 0.151. The van der Waals surface area contributed by atoms with Gasteiger partial charge in [0.2, 0.25) is 0 Å². The molecule has 1 aliphatic heterocycles. The number of carbonyl (C=O) groups excluding carboxylic acids is 1. The Morgan fingerprint density at radius 1 is 1.39 bits per heavy atom. The molecule has 4 nitrogen and oxygen atoms in total. The van der Waals surface area contributed by atoms with Crippen LogP contribution in [0.4, 0.5) is 4.79 Å². The molecule has 2 amide bonds. The molecule has 4 heteroatoms. The standard InChI is InChI=1S/C14H23N3O/c1-3-6-13-12-7-5-9-16(12)10-11-17(13)14(18)15-8-4-2/h5,7,9,13H,3-4,6,8,10-11H2,1-2H3,(H,15,18). The van der Waals surface area contributed by atoms with E-state index in [-0.39, 0.29) is 12.1 Å². The Hall–Kier alpha value is -1.45. The van der Waals surface area contributed by atoms with Crippen LogP contribution in [0.15, 0.2) is 18.3 Å². The molecule has 18 heavy (non-hydrogen) atoms. The fraction of sp³-hybridized carbons (Fsp3) is 0.643. The number of carbonyl (C=O) groups is 1. The Morgan fingerprint density at radius 3 is 2.94 bits per heavy atom. The predicted molar refractivity (Wildman–Crippen MR) is 72.5 cm³/mol. The molecule has 0 aromatic carbocycles. The van der Waals surface area contributed by atoms with Crippen molar-refractivity contribution >= 4 is 6.03 Å². The molecule has 0 aliphatic carbocycles. The number of aromatic nitrogens is 1. The lowest BCUT2D eigenvalue weighted by atomic mass is 10.0. The molecule has 0 saturated carbocycles. The van der Waals surface area contributed by atoms with Crippen LogP contribution in [0.1, 0.15) is 44.8 Å². The third kappa shape index (κ3) is 2.52. The highest BCUT2D eigenvalue weighted by Gasteiger charge is 2.29. The second-order valence-corrected chi connectivity index (χ2v) is 4.86. The SMILES string of the molecule is CCCNC(=O)N1CCn2cccc2C1CCC. The summed E-state index contributed by atoms with van der Waals surface area (Å²) < 4.78 is 2.27. The first-order valence-electron chi connectivity index (χ1n) is 6.97. The van der Waals surface area contributed by atoms with Crippen molar-refractivity contribution in [3.8, 4) is 0 Å². The zero-order chi connectivity index (χ0) is 13.0. The van der Waals surface area contributed by atoms with Gasteiger partial charge in [-0.2, -0.15) is 0 Å². The lowest BCUT2D eigenvalue weighted by Gasteiger charge is -2.37. The molecular weight excluding hydrogens is 226 g/mol. The van der Waals surface area contributed by atoms with Crippen molar-refractivity contribution < 1.29 is 4.79 Å². The zero-order valence-corrected chi connectivity index (χ0v) is 11.4. The second kappa shape index (κ2) is 5.94. The number of nitrogens with zero attached hydrogens (tertiary/aromatic N) is 2. The van der Waals surface area contributed by atoms with Crippen LogP contribution >= 0.6 is 0 Å². The second-order valence-electron chi connectivity index (χ2n) is 4.86. The minimum Gasteiger partial charge on any atom is -0.348 e. The van der Waals surface area contributed by atoms with Gasteiger partial charge in [0.05, 0.1) is 6.04 Å². The van der Waals surface area contributed by atoms with E-state index in [0.717, 1.165) is 38.9 Å². The van der Waals surface area contributed by atoms with Gasteiger partial charge < -0.3 is 14.8 Å². The van der Waals surface area contributed by atoms with E-state index in [1.807, 2.05) is 4.90 Å². The van der Waals surface area contributed by atoms with Crippen molar-refractivity contribution in [2.24, 2.45) is 0 Å². The van der Waals surface area contributed by atoms with Crippen LogP contribution in [-0.2, 0) is 6.54 Å². The maximum absolute atomic E-state index is 12.2. The topological polar surface area (TPSA) is 37.3 Å². The highest BCUT2D eigenvalue weighted by atomic mass is 16.2. The highest BCUT2D eigenvalue weighted by molar-refractivity contribution is 5.74. The third-order valence-corrected chi connectivity index (χ3v) is 3.51. The monoisotopic (exact) mass is 249 g/mol. The van der Waals surface area contributed by atoms with Crippen LogP contribution in [-0.4, -0.2) is 28.6 Å². The summed E-state index contributed by atoms with van der Waals surface area (Å²) in [6.07, 6.45) is 5.21. The van der Waals surface area contributed by atoms with E-state index >= 15 is 0 Å². The summed E-state index contributed by atoms with van der Waals surface area (Å²) in [7, 11) is 0. The van der Waals surface area contributed by atoms with Gasteiger partial charge in [-0.15, -0.1) is 0 Å². The number of nitrogens with one attached hydrogen (secondary N) is 1. The largest absolute Gasteiger partial charge is 0.348 e. The van der Waals surface area contributed by atoms with Gasteiger partial charge in [-0.1, -0.05) is 20.3 Å². The van der Waals surface area contributed by atoms with Gasteiger partial charge in [0, 0.05) is 31.5 Å². The number of rotatable bonds is 4. The Bertz CT molecular complexity index is 399. The molecule has 0 saturated heterocycles. The van der Waals surface area contributed by atoms with Crippen LogP contribution < -0.4 is 5.32 Å². The van der Waals surface area contributed by atoms with E-state index in [0.29, 0.717) is 0 Å². The minimum absolute atomic E-state index is 0.0859. The summed E-state index contributed by atoms with van der Waals surface area (Å²) in [6, 6.07) is 4.53. The first-order valence-corrected chi connectivity index (χ1v) is 6.97. The van der Waals surface area contributed by atoms with Crippen molar-refractivity contribution in [2.75, 3.05) is 13.1 Å². The molecule has 0 bridgehead atoms. The Labute approximate surface area is 109 Å². The van der Waals surface area contributed by atoms with Gasteiger partial charge in [0.1, 0.15) is 0 Å². The number of amides is 2. The molecule has 0 spiro atoms. The Morgan fingerprint density at radius 2 is 2.22 bits per heavy atom. The predicted octanol–water partition coefficient (Wildman–Crippen LogP) is 2.76. The first-order chi connectivity index (χ1) is 8.77. The van der Waals surface area contributed by atoms with Crippen LogP contribution in [0.5, 0.6) is 0 Å². The van der Waals surface area contributed by atoms with E-state index in [9.17, 15) is 4.79 Å². The molecule has 1 atom stereocenters. The number of hydrogen-bond donors (Lipinski definition) is 1. The molecule has 1 N–H and O–H groups in total. The van der Waals surface area contributed by atoms with Crippen LogP contribution in [0.3, 0.4) is 0 Å². The van der Waals surface area contributed by atoms with Crippen LogP contribution in [0.2, 0.25) is 0 Å². The average Bonchev–Trinajstić information content (AvgIpc) is 2.85. The molecule has 2 heterocycles. The van der Waals surface area contributed by atoms with E-state index < -0.39 is 0 Å². The summed E-state index contributed by atoms with van der Waals surface area (Å²) in [5.74, 6) is 0. The molecule has 1 unspecified atom stereocenters. The maximum Gasteiger partial charge on any atom is 0.318 e. The van der Waals surface area contributed by atoms with Crippen LogP contribution in [0.25, 0.3) is 0 Å². The number of urea groups is 1. The van der Waals surface area contributed by atoms with Crippen molar-refractivity contribution in [1.82, 2.24) is 14.8 Å². The molecule has 0 fully saturated rings. The first kappa shape index (κ1) is 13.0. The minimum atomic E-state index is 0.0859. The highest BCUT2D eigenvalue weighted by Crippen LogP contribution is 2.29. The lowest BCUT2D eigenvalue weighted by Crippen LogP contribution is -2.47. The fourth-order valence-corrected chi connectivity index (χ4v) is 2.62. The average molecular weight is 249 g/mol. The molecule has 0 radical (unpaired) electrons. The van der Waals surface area contributed by atoms with Crippen LogP contribution in [0, 0.1) is 0 Å². The summed E-state index contributed by atoms with van der Waals surface area (Å²) in [4.78, 5) is 14.2.